The lowest BCUT2D eigenvalue weighted by Crippen LogP contribution is -2.26. The summed E-state index contributed by atoms with van der Waals surface area (Å²) in [5.74, 6) is -0.198. The molecule has 0 aliphatic carbocycles. The van der Waals surface area contributed by atoms with Crippen molar-refractivity contribution in [2.24, 2.45) is 11.7 Å². The molecule has 0 heterocycles. The van der Waals surface area contributed by atoms with Crippen molar-refractivity contribution in [3.05, 3.63) is 28.2 Å². The highest BCUT2D eigenvalue weighted by molar-refractivity contribution is 9.10. The Labute approximate surface area is 98.2 Å². The van der Waals surface area contributed by atoms with Crippen molar-refractivity contribution in [3.8, 4) is 0 Å². The van der Waals surface area contributed by atoms with E-state index in [-0.39, 0.29) is 11.8 Å². The Kier molecular flexibility index (Phi) is 4.29. The third-order valence-electron chi connectivity index (χ3n) is 2.25. The zero-order valence-electron chi connectivity index (χ0n) is 8.88. The van der Waals surface area contributed by atoms with Crippen molar-refractivity contribution >= 4 is 27.5 Å². The van der Waals surface area contributed by atoms with Crippen molar-refractivity contribution < 1.29 is 4.79 Å². The Hall–Kier alpha value is -0.870. The zero-order valence-corrected chi connectivity index (χ0v) is 10.5. The van der Waals surface area contributed by atoms with E-state index >= 15 is 0 Å². The molecule has 0 aliphatic rings. The molecule has 0 spiro atoms. The van der Waals surface area contributed by atoms with Crippen LogP contribution in [0.4, 0.5) is 5.69 Å². The molecule has 3 N–H and O–H groups in total. The molecule has 1 amide bonds. The molecule has 0 bridgehead atoms. The minimum atomic E-state index is -0.159. The van der Waals surface area contributed by atoms with Crippen LogP contribution in [0.5, 0.6) is 0 Å². The molecule has 1 aromatic rings. The molecular formula is C11H15BrN2O. The SMILES string of the molecule is Cc1cc(Br)ccc1NC(=O)C(C)CN. The van der Waals surface area contributed by atoms with Crippen LogP contribution in [-0.4, -0.2) is 12.5 Å². The van der Waals surface area contributed by atoms with Gasteiger partial charge in [0.25, 0.3) is 0 Å². The van der Waals surface area contributed by atoms with Gasteiger partial charge in [0.05, 0.1) is 0 Å². The van der Waals surface area contributed by atoms with Gasteiger partial charge in [-0.05, 0) is 30.7 Å². The topological polar surface area (TPSA) is 55.1 Å². The number of halogens is 1. The van der Waals surface area contributed by atoms with Gasteiger partial charge in [-0.25, -0.2) is 0 Å². The predicted octanol–water partition coefficient (Wildman–Crippen LogP) is 2.29. The monoisotopic (exact) mass is 270 g/mol. The summed E-state index contributed by atoms with van der Waals surface area (Å²) in [6.45, 7) is 4.12. The molecule has 0 aromatic heterocycles. The molecule has 0 saturated heterocycles. The van der Waals surface area contributed by atoms with Crippen LogP contribution in [-0.2, 0) is 4.79 Å². The van der Waals surface area contributed by atoms with Crippen LogP contribution in [0.1, 0.15) is 12.5 Å². The minimum absolute atomic E-state index is 0.0390. The van der Waals surface area contributed by atoms with Gasteiger partial charge in [0.15, 0.2) is 0 Å². The zero-order chi connectivity index (χ0) is 11.4. The average Bonchev–Trinajstić information content (AvgIpc) is 2.20. The number of hydrogen-bond acceptors (Lipinski definition) is 2. The van der Waals surface area contributed by atoms with Gasteiger partial charge in [-0.15, -0.1) is 0 Å². The summed E-state index contributed by atoms with van der Waals surface area (Å²) in [4.78, 5) is 11.6. The van der Waals surface area contributed by atoms with Crippen LogP contribution in [0, 0.1) is 12.8 Å². The number of rotatable bonds is 3. The number of carbonyl (C=O) groups is 1. The highest BCUT2D eigenvalue weighted by Gasteiger charge is 2.11. The normalized spacial score (nSPS) is 12.3. The molecule has 3 nitrogen and oxygen atoms in total. The number of aryl methyl sites for hydroxylation is 1. The lowest BCUT2D eigenvalue weighted by atomic mass is 10.1. The Bertz CT molecular complexity index is 366. The molecule has 0 fully saturated rings. The number of nitrogens with two attached hydrogens (primary N) is 1. The lowest BCUT2D eigenvalue weighted by Gasteiger charge is -2.12. The summed E-state index contributed by atoms with van der Waals surface area (Å²) in [5.41, 5.74) is 7.29. The minimum Gasteiger partial charge on any atom is -0.330 e. The highest BCUT2D eigenvalue weighted by Crippen LogP contribution is 2.20. The molecule has 82 valence electrons. The Morgan fingerprint density at radius 2 is 2.27 bits per heavy atom. The van der Waals surface area contributed by atoms with Crippen molar-refractivity contribution in [2.45, 2.75) is 13.8 Å². The van der Waals surface area contributed by atoms with Gasteiger partial charge in [0.1, 0.15) is 0 Å². The van der Waals surface area contributed by atoms with Gasteiger partial charge in [0.2, 0.25) is 5.91 Å². The Morgan fingerprint density at radius 1 is 1.60 bits per heavy atom. The largest absolute Gasteiger partial charge is 0.330 e. The number of carbonyl (C=O) groups excluding carboxylic acids is 1. The maximum Gasteiger partial charge on any atom is 0.228 e. The third kappa shape index (κ3) is 3.32. The van der Waals surface area contributed by atoms with Crippen LogP contribution in [0.2, 0.25) is 0 Å². The second kappa shape index (κ2) is 5.28. The summed E-state index contributed by atoms with van der Waals surface area (Å²) < 4.78 is 1.00. The van der Waals surface area contributed by atoms with Gasteiger partial charge in [-0.3, -0.25) is 4.79 Å². The standard InChI is InChI=1S/C11H15BrN2O/c1-7-5-9(12)3-4-10(7)14-11(15)8(2)6-13/h3-5,8H,6,13H2,1-2H3,(H,14,15). The second-order valence-electron chi connectivity index (χ2n) is 3.59. The van der Waals surface area contributed by atoms with Crippen LogP contribution >= 0.6 is 15.9 Å². The first-order valence-corrected chi connectivity index (χ1v) is 5.61. The molecule has 4 heteroatoms. The maximum atomic E-state index is 11.6. The van der Waals surface area contributed by atoms with Crippen LogP contribution < -0.4 is 11.1 Å². The van der Waals surface area contributed by atoms with Gasteiger partial charge in [-0.1, -0.05) is 22.9 Å². The molecule has 1 atom stereocenters. The van der Waals surface area contributed by atoms with Gasteiger partial charge >= 0.3 is 0 Å². The molecule has 1 rings (SSSR count). The van der Waals surface area contributed by atoms with E-state index in [2.05, 4.69) is 21.2 Å². The average molecular weight is 271 g/mol. The second-order valence-corrected chi connectivity index (χ2v) is 4.50. The number of anilines is 1. The van der Waals surface area contributed by atoms with E-state index in [9.17, 15) is 4.79 Å². The van der Waals surface area contributed by atoms with Crippen molar-refractivity contribution in [3.63, 3.8) is 0 Å². The van der Waals surface area contributed by atoms with E-state index in [1.165, 1.54) is 0 Å². The van der Waals surface area contributed by atoms with Crippen LogP contribution in [0.15, 0.2) is 22.7 Å². The molecular weight excluding hydrogens is 256 g/mol. The number of benzene rings is 1. The van der Waals surface area contributed by atoms with Crippen molar-refractivity contribution in [2.75, 3.05) is 11.9 Å². The van der Waals surface area contributed by atoms with E-state index in [0.717, 1.165) is 15.7 Å². The third-order valence-corrected chi connectivity index (χ3v) is 2.74. The smallest absolute Gasteiger partial charge is 0.228 e. The summed E-state index contributed by atoms with van der Waals surface area (Å²) in [5, 5.41) is 2.85. The lowest BCUT2D eigenvalue weighted by molar-refractivity contribution is -0.119. The molecule has 0 saturated carbocycles. The summed E-state index contributed by atoms with van der Waals surface area (Å²) in [6, 6.07) is 5.74. The number of amides is 1. The van der Waals surface area contributed by atoms with E-state index in [4.69, 9.17) is 5.73 Å². The highest BCUT2D eigenvalue weighted by atomic mass is 79.9. The Morgan fingerprint density at radius 3 is 2.80 bits per heavy atom. The fraction of sp³-hybridized carbons (Fsp3) is 0.364. The van der Waals surface area contributed by atoms with Crippen LogP contribution in [0.25, 0.3) is 0 Å². The predicted molar refractivity (Wildman–Crippen MR) is 65.7 cm³/mol. The summed E-state index contributed by atoms with van der Waals surface area (Å²) in [6.07, 6.45) is 0. The summed E-state index contributed by atoms with van der Waals surface area (Å²) in [7, 11) is 0. The first-order valence-electron chi connectivity index (χ1n) is 4.81. The molecule has 0 aliphatic heterocycles. The Balaban J connectivity index is 2.77. The van der Waals surface area contributed by atoms with E-state index < -0.39 is 0 Å². The van der Waals surface area contributed by atoms with E-state index in [0.29, 0.717) is 6.54 Å². The molecule has 0 radical (unpaired) electrons. The first kappa shape index (κ1) is 12.2. The first-order chi connectivity index (χ1) is 7.04. The quantitative estimate of drug-likeness (QED) is 0.886. The van der Waals surface area contributed by atoms with Crippen molar-refractivity contribution in [1.82, 2.24) is 0 Å². The number of hydrogen-bond donors (Lipinski definition) is 2. The molecule has 15 heavy (non-hydrogen) atoms. The van der Waals surface area contributed by atoms with Gasteiger partial charge in [0, 0.05) is 22.6 Å². The van der Waals surface area contributed by atoms with E-state index in [1.807, 2.05) is 32.0 Å². The molecule has 1 aromatic carbocycles. The van der Waals surface area contributed by atoms with Gasteiger partial charge in [-0.2, -0.15) is 0 Å². The fourth-order valence-electron chi connectivity index (χ4n) is 1.13. The van der Waals surface area contributed by atoms with Crippen molar-refractivity contribution in [1.29, 1.82) is 0 Å². The fourth-order valence-corrected chi connectivity index (χ4v) is 1.61. The van der Waals surface area contributed by atoms with E-state index in [1.54, 1.807) is 0 Å². The maximum absolute atomic E-state index is 11.6. The van der Waals surface area contributed by atoms with Crippen LogP contribution in [0.3, 0.4) is 0 Å². The number of nitrogens with one attached hydrogen (secondary N) is 1. The molecule has 1 unspecified atom stereocenters. The van der Waals surface area contributed by atoms with Gasteiger partial charge < -0.3 is 11.1 Å². The summed E-state index contributed by atoms with van der Waals surface area (Å²) >= 11 is 3.37.